The second kappa shape index (κ2) is 22.8. The van der Waals surface area contributed by atoms with Gasteiger partial charge in [0.25, 0.3) is 0 Å². The molecule has 0 saturated heterocycles. The van der Waals surface area contributed by atoms with Crippen LogP contribution in [0.4, 0.5) is 14.5 Å². The van der Waals surface area contributed by atoms with Crippen molar-refractivity contribution in [3.05, 3.63) is 146 Å². The molecule has 5 rings (SSSR count). The lowest BCUT2D eigenvalue weighted by atomic mass is 9.83. The second-order valence-electron chi connectivity index (χ2n) is 12.8. The molecule has 2 N–H and O–H groups in total. The number of aliphatic imine (C=N–C) groups is 1. The van der Waals surface area contributed by atoms with Crippen molar-refractivity contribution in [2.24, 2.45) is 10.7 Å². The van der Waals surface area contributed by atoms with E-state index in [-0.39, 0.29) is 29.7 Å². The standard InChI is InChI=1S/C20H20BrFN2.C16H16BrFN2.C5H7BrO3.CO2/c1-4-15-13-24(16-11-9-14(21)10-12-16)19(23-15)20(2,3)17-7-5-6-8-18(17)22;1-16(2,13-5-3-4-6-14(13)18)15(19)20-12-9-7-11(17)8-10-12;1-2-9-5(8)4(7)3-6;2-1-3/h5-13H,4H2,1-3H3;3-10H,1-2H3,(H2,19,20);2-3H2,1H3;. The van der Waals surface area contributed by atoms with Gasteiger partial charge in [-0.2, -0.15) is 9.59 Å². The van der Waals surface area contributed by atoms with Crippen molar-refractivity contribution in [2.45, 2.75) is 58.8 Å². The maximum Gasteiger partial charge on any atom is 0.375 e. The number of halogens is 5. The Hall–Kier alpha value is -4.62. The molecule has 1 aromatic heterocycles. The topological polar surface area (TPSA) is 134 Å². The van der Waals surface area contributed by atoms with Gasteiger partial charge in [-0.3, -0.25) is 4.79 Å². The van der Waals surface area contributed by atoms with Gasteiger partial charge in [0.1, 0.15) is 23.3 Å². The maximum atomic E-state index is 14.4. The predicted octanol–water partition coefficient (Wildman–Crippen LogP) is 10.1. The van der Waals surface area contributed by atoms with Gasteiger partial charge in [-0.1, -0.05) is 91.1 Å². The largest absolute Gasteiger partial charge is 0.460 e. The molecule has 0 aliphatic rings. The second-order valence-corrected chi connectivity index (χ2v) is 15.2. The Balaban J connectivity index is 0.000000305. The van der Waals surface area contributed by atoms with Crippen LogP contribution in [0.15, 0.2) is 117 Å². The summed E-state index contributed by atoms with van der Waals surface area (Å²) in [7, 11) is 0. The van der Waals surface area contributed by atoms with E-state index in [1.165, 1.54) is 12.1 Å². The van der Waals surface area contributed by atoms with Gasteiger partial charge < -0.3 is 15.0 Å². The smallest absolute Gasteiger partial charge is 0.375 e. The van der Waals surface area contributed by atoms with Gasteiger partial charge in [0.2, 0.25) is 5.78 Å². The van der Waals surface area contributed by atoms with Crippen LogP contribution in [0.5, 0.6) is 0 Å². The molecule has 296 valence electrons. The molecular formula is C42H43Br3F2N4O5. The van der Waals surface area contributed by atoms with Crippen LogP contribution in [-0.2, 0) is 41.2 Å². The SMILES string of the molecule is CC(C)(C(N)=Nc1ccc(Br)cc1)c1ccccc1F.CCOC(=O)C(=O)CBr.CCc1cn(-c2ccc(Br)cc2)c(C(C)(C)c2ccccc2F)n1.O=C=O. The fraction of sp³-hybridized carbons (Fsp3) is 0.262. The molecular weight excluding hydrogens is 918 g/mol. The highest BCUT2D eigenvalue weighted by Gasteiger charge is 2.32. The number of Topliss-reactive ketones (excluding diaryl/α,β-unsaturated/α-hetero) is 1. The van der Waals surface area contributed by atoms with E-state index in [1.54, 1.807) is 31.2 Å². The van der Waals surface area contributed by atoms with Crippen molar-refractivity contribution in [2.75, 3.05) is 11.9 Å². The summed E-state index contributed by atoms with van der Waals surface area (Å²) in [6.07, 6.45) is 3.13. The van der Waals surface area contributed by atoms with E-state index < -0.39 is 22.6 Å². The number of carbonyl (C=O) groups is 2. The van der Waals surface area contributed by atoms with E-state index in [1.807, 2.05) is 94.6 Å². The van der Waals surface area contributed by atoms with Crippen molar-refractivity contribution < 1.29 is 32.7 Å². The molecule has 1 heterocycles. The van der Waals surface area contributed by atoms with Crippen LogP contribution in [0.25, 0.3) is 5.69 Å². The van der Waals surface area contributed by atoms with Crippen molar-refractivity contribution >= 4 is 77.2 Å². The minimum absolute atomic E-state index is 0.0336. The lowest BCUT2D eigenvalue weighted by molar-refractivity contribution is -0.191. The van der Waals surface area contributed by atoms with Gasteiger partial charge in [-0.05, 0) is 102 Å². The Kier molecular flexibility index (Phi) is 19.4. The number of benzene rings is 4. The first-order chi connectivity index (χ1) is 26.5. The van der Waals surface area contributed by atoms with Crippen LogP contribution in [0.3, 0.4) is 0 Å². The van der Waals surface area contributed by atoms with Gasteiger partial charge in [-0.25, -0.2) is 23.6 Å². The van der Waals surface area contributed by atoms with Crippen molar-refractivity contribution in [1.29, 1.82) is 0 Å². The highest BCUT2D eigenvalue weighted by atomic mass is 79.9. The lowest BCUT2D eigenvalue weighted by Crippen LogP contribution is -2.36. The summed E-state index contributed by atoms with van der Waals surface area (Å²) in [6.45, 7) is 11.7. The third-order valence-corrected chi connectivity index (χ3v) is 9.78. The number of aryl methyl sites for hydroxylation is 1. The molecule has 56 heavy (non-hydrogen) atoms. The number of alkyl halides is 1. The number of nitrogens with two attached hydrogens (primary N) is 1. The molecule has 0 saturated carbocycles. The zero-order valence-corrected chi connectivity index (χ0v) is 36.5. The molecule has 5 aromatic rings. The van der Waals surface area contributed by atoms with E-state index in [9.17, 15) is 18.4 Å². The first-order valence-corrected chi connectivity index (χ1v) is 19.9. The molecule has 0 atom stereocenters. The number of hydrogen-bond donors (Lipinski definition) is 1. The number of amidine groups is 1. The molecule has 0 radical (unpaired) electrons. The van der Waals surface area contributed by atoms with Crippen molar-refractivity contribution in [3.8, 4) is 5.69 Å². The molecule has 0 unspecified atom stereocenters. The van der Waals surface area contributed by atoms with Crippen LogP contribution in [0.1, 0.15) is 64.2 Å². The monoisotopic (exact) mass is 958 g/mol. The zero-order chi connectivity index (χ0) is 42.1. The summed E-state index contributed by atoms with van der Waals surface area (Å²) in [5, 5.41) is 0.0336. The minimum atomic E-state index is -0.769. The summed E-state index contributed by atoms with van der Waals surface area (Å²) >= 11 is 9.67. The Bertz CT molecular complexity index is 2110. The van der Waals surface area contributed by atoms with Gasteiger partial charge >= 0.3 is 12.1 Å². The summed E-state index contributed by atoms with van der Waals surface area (Å²) in [6, 6.07) is 29.1. The average molecular weight is 962 g/mol. The summed E-state index contributed by atoms with van der Waals surface area (Å²) in [5.74, 6) is -0.569. The number of imidazole rings is 1. The lowest BCUT2D eigenvalue weighted by Gasteiger charge is -2.26. The van der Waals surface area contributed by atoms with Crippen LogP contribution >= 0.6 is 47.8 Å². The Labute approximate surface area is 351 Å². The number of hydrogen-bond acceptors (Lipinski definition) is 7. The quantitative estimate of drug-likeness (QED) is 0.0484. The third kappa shape index (κ3) is 13.5. The zero-order valence-electron chi connectivity index (χ0n) is 31.8. The molecule has 0 aliphatic carbocycles. The van der Waals surface area contributed by atoms with Gasteiger partial charge in [-0.15, -0.1) is 0 Å². The van der Waals surface area contributed by atoms with Crippen LogP contribution in [0.2, 0.25) is 0 Å². The molecule has 0 bridgehead atoms. The van der Waals surface area contributed by atoms with Gasteiger partial charge in [0.05, 0.1) is 28.7 Å². The highest BCUT2D eigenvalue weighted by Crippen LogP contribution is 2.34. The van der Waals surface area contributed by atoms with E-state index in [2.05, 4.69) is 69.0 Å². The number of carbonyl (C=O) groups excluding carboxylic acids is 4. The number of nitrogens with zero attached hydrogens (tertiary/aromatic N) is 3. The first kappa shape index (κ1) is 47.5. The Morgan fingerprint density at radius 3 is 1.77 bits per heavy atom. The molecule has 4 aromatic carbocycles. The minimum Gasteiger partial charge on any atom is -0.460 e. The molecule has 14 heteroatoms. The van der Waals surface area contributed by atoms with E-state index >= 15 is 0 Å². The number of aromatic nitrogens is 2. The normalized spacial score (nSPS) is 11.0. The first-order valence-electron chi connectivity index (χ1n) is 17.2. The van der Waals surface area contributed by atoms with Crippen molar-refractivity contribution in [3.63, 3.8) is 0 Å². The summed E-state index contributed by atoms with van der Waals surface area (Å²) in [4.78, 5) is 46.2. The number of ether oxygens (including phenoxy) is 1. The number of ketones is 1. The fourth-order valence-electron chi connectivity index (χ4n) is 5.09. The van der Waals surface area contributed by atoms with Crippen molar-refractivity contribution in [1.82, 2.24) is 9.55 Å². The molecule has 0 aliphatic heterocycles. The Morgan fingerprint density at radius 1 is 0.821 bits per heavy atom. The van der Waals surface area contributed by atoms with E-state index in [0.29, 0.717) is 17.0 Å². The third-order valence-electron chi connectivity index (χ3n) is 8.22. The molecule has 9 nitrogen and oxygen atoms in total. The van der Waals surface area contributed by atoms with Gasteiger partial charge in [0.15, 0.2) is 0 Å². The molecule has 0 fully saturated rings. The highest BCUT2D eigenvalue weighted by molar-refractivity contribution is 9.10. The molecule has 0 amide bonds. The van der Waals surface area contributed by atoms with E-state index in [4.69, 9.17) is 20.3 Å². The predicted molar refractivity (Wildman–Crippen MR) is 224 cm³/mol. The van der Waals surface area contributed by atoms with E-state index in [0.717, 1.165) is 38.3 Å². The Morgan fingerprint density at radius 2 is 1.30 bits per heavy atom. The summed E-state index contributed by atoms with van der Waals surface area (Å²) < 4.78 is 36.8. The fourth-order valence-corrected chi connectivity index (χ4v) is 5.85. The molecule has 0 spiro atoms. The maximum absolute atomic E-state index is 14.4. The average Bonchev–Trinajstić information content (AvgIpc) is 3.63. The van der Waals surface area contributed by atoms with Crippen LogP contribution in [0, 0.1) is 11.6 Å². The number of rotatable bonds is 10. The van der Waals surface area contributed by atoms with Crippen LogP contribution in [-0.4, -0.2) is 45.2 Å². The van der Waals surface area contributed by atoms with Gasteiger partial charge in [0, 0.05) is 37.4 Å². The number of esters is 1. The summed E-state index contributed by atoms with van der Waals surface area (Å²) in [5.41, 5.74) is 8.83. The van der Waals surface area contributed by atoms with Crippen LogP contribution < -0.4 is 5.73 Å².